The zero-order valence-electron chi connectivity index (χ0n) is 15.5. The fraction of sp³-hybridized carbons (Fsp3) is 0.409. The molecule has 6 heteroatoms. The molecule has 0 atom stereocenters. The Bertz CT molecular complexity index is 789. The molecule has 0 saturated heterocycles. The molecule has 1 amide bonds. The van der Waals surface area contributed by atoms with E-state index in [-0.39, 0.29) is 0 Å². The molecule has 28 heavy (non-hydrogen) atoms. The van der Waals surface area contributed by atoms with Crippen LogP contribution in [0.1, 0.15) is 43.2 Å². The normalized spacial score (nSPS) is 14.4. The van der Waals surface area contributed by atoms with Crippen LogP contribution in [0.25, 0.3) is 11.1 Å². The van der Waals surface area contributed by atoms with Crippen LogP contribution in [-0.4, -0.2) is 23.1 Å². The Morgan fingerprint density at radius 2 is 1.43 bits per heavy atom. The van der Waals surface area contributed by atoms with Crippen molar-refractivity contribution in [3.05, 3.63) is 59.7 Å². The number of hydrogen-bond donors (Lipinski definition) is 1. The van der Waals surface area contributed by atoms with Crippen molar-refractivity contribution in [3.63, 3.8) is 0 Å². The molecule has 0 aromatic heterocycles. The SMILES string of the molecule is O=C(NCC(F)(F)F)C1(CCCCCCI)c2ccccc2-c2ccccc21. The first kappa shape index (κ1) is 21.1. The van der Waals surface area contributed by atoms with E-state index in [1.807, 2.05) is 48.5 Å². The summed E-state index contributed by atoms with van der Waals surface area (Å²) >= 11 is 2.34. The molecule has 150 valence electrons. The third-order valence-corrected chi connectivity index (χ3v) is 6.10. The monoisotopic (exact) mass is 501 g/mol. The van der Waals surface area contributed by atoms with E-state index in [1.165, 1.54) is 0 Å². The number of carbonyl (C=O) groups excluding carboxylic acids is 1. The van der Waals surface area contributed by atoms with E-state index in [1.54, 1.807) is 0 Å². The molecule has 0 aliphatic heterocycles. The zero-order valence-corrected chi connectivity index (χ0v) is 17.6. The number of carbonyl (C=O) groups is 1. The van der Waals surface area contributed by atoms with Gasteiger partial charge in [0.15, 0.2) is 0 Å². The molecule has 2 nitrogen and oxygen atoms in total. The van der Waals surface area contributed by atoms with Crippen LogP contribution in [0.2, 0.25) is 0 Å². The van der Waals surface area contributed by atoms with Crippen molar-refractivity contribution >= 4 is 28.5 Å². The third-order valence-electron chi connectivity index (χ3n) is 5.34. The maximum absolute atomic E-state index is 13.2. The van der Waals surface area contributed by atoms with Crippen molar-refractivity contribution in [2.75, 3.05) is 11.0 Å². The predicted octanol–water partition coefficient (Wildman–Crippen LogP) is 6.02. The Kier molecular flexibility index (Phi) is 6.68. The predicted molar refractivity (Wildman–Crippen MR) is 114 cm³/mol. The summed E-state index contributed by atoms with van der Waals surface area (Å²) in [5, 5.41) is 2.17. The van der Waals surface area contributed by atoms with E-state index in [4.69, 9.17) is 0 Å². The van der Waals surface area contributed by atoms with E-state index in [2.05, 4.69) is 27.9 Å². The van der Waals surface area contributed by atoms with Crippen LogP contribution < -0.4 is 5.32 Å². The van der Waals surface area contributed by atoms with Crippen molar-refractivity contribution in [2.24, 2.45) is 0 Å². The minimum absolute atomic E-state index is 0.506. The number of amides is 1. The summed E-state index contributed by atoms with van der Waals surface area (Å²) in [5.41, 5.74) is 2.43. The molecule has 1 N–H and O–H groups in total. The van der Waals surface area contributed by atoms with Crippen LogP contribution in [0, 0.1) is 0 Å². The third kappa shape index (κ3) is 4.21. The number of fused-ring (bicyclic) bond motifs is 3. The molecule has 2 aromatic rings. The molecule has 0 spiro atoms. The highest BCUT2D eigenvalue weighted by molar-refractivity contribution is 14.1. The summed E-state index contributed by atoms with van der Waals surface area (Å²) in [7, 11) is 0. The molecule has 3 rings (SSSR count). The van der Waals surface area contributed by atoms with E-state index in [0.717, 1.165) is 52.4 Å². The second-order valence-corrected chi connectivity index (χ2v) is 8.23. The number of halogens is 4. The Morgan fingerprint density at radius 1 is 0.893 bits per heavy atom. The first-order chi connectivity index (χ1) is 13.4. The van der Waals surface area contributed by atoms with E-state index in [9.17, 15) is 18.0 Å². The van der Waals surface area contributed by atoms with Gasteiger partial charge in [-0.3, -0.25) is 4.79 Å². The lowest BCUT2D eigenvalue weighted by atomic mass is 9.73. The minimum atomic E-state index is -4.44. The molecular weight excluding hydrogens is 478 g/mol. The number of nitrogens with one attached hydrogen (secondary N) is 1. The second-order valence-electron chi connectivity index (χ2n) is 7.15. The quantitative estimate of drug-likeness (QED) is 0.268. The summed E-state index contributed by atoms with van der Waals surface area (Å²) in [6, 6.07) is 15.2. The summed E-state index contributed by atoms with van der Waals surface area (Å²) in [5.74, 6) is -0.559. The zero-order chi connectivity index (χ0) is 20.2. The van der Waals surface area contributed by atoms with Gasteiger partial charge in [-0.05, 0) is 39.5 Å². The van der Waals surface area contributed by atoms with Gasteiger partial charge < -0.3 is 5.32 Å². The summed E-state index contributed by atoms with van der Waals surface area (Å²) in [6.45, 7) is -1.31. The van der Waals surface area contributed by atoms with Crippen molar-refractivity contribution in [2.45, 2.75) is 43.7 Å². The van der Waals surface area contributed by atoms with Gasteiger partial charge in [-0.2, -0.15) is 13.2 Å². The van der Waals surface area contributed by atoms with Crippen LogP contribution in [-0.2, 0) is 10.2 Å². The van der Waals surface area contributed by atoms with Gasteiger partial charge in [-0.25, -0.2) is 0 Å². The molecular formula is C22H23F3INO. The number of alkyl halides is 4. The fourth-order valence-electron chi connectivity index (χ4n) is 4.12. The first-order valence-corrected chi connectivity index (χ1v) is 11.0. The summed E-state index contributed by atoms with van der Waals surface area (Å²) in [6.07, 6.45) is -0.00535. The maximum Gasteiger partial charge on any atom is 0.405 e. The van der Waals surface area contributed by atoms with Crippen LogP contribution in [0.15, 0.2) is 48.5 Å². The number of hydrogen-bond acceptors (Lipinski definition) is 1. The highest BCUT2D eigenvalue weighted by Crippen LogP contribution is 2.51. The molecule has 0 unspecified atom stereocenters. The fourth-order valence-corrected chi connectivity index (χ4v) is 4.66. The molecule has 2 aromatic carbocycles. The Balaban J connectivity index is 2.00. The van der Waals surface area contributed by atoms with Gasteiger partial charge in [0.2, 0.25) is 5.91 Å². The lowest BCUT2D eigenvalue weighted by Gasteiger charge is -2.31. The van der Waals surface area contributed by atoms with Gasteiger partial charge in [0.05, 0.1) is 0 Å². The Morgan fingerprint density at radius 3 is 1.96 bits per heavy atom. The van der Waals surface area contributed by atoms with Crippen LogP contribution in [0.4, 0.5) is 13.2 Å². The van der Waals surface area contributed by atoms with Gasteiger partial charge in [-0.1, -0.05) is 90.4 Å². The van der Waals surface area contributed by atoms with Crippen LogP contribution in [0.5, 0.6) is 0 Å². The molecule has 1 aliphatic rings. The van der Waals surface area contributed by atoms with E-state index < -0.39 is 24.0 Å². The van der Waals surface area contributed by atoms with Crippen molar-refractivity contribution in [1.29, 1.82) is 0 Å². The first-order valence-electron chi connectivity index (χ1n) is 9.50. The summed E-state index contributed by atoms with van der Waals surface area (Å²) in [4.78, 5) is 13.2. The standard InChI is InChI=1S/C22H23F3INO/c23-22(24,25)15-27-20(28)21(13-7-1-2-8-14-26)18-11-5-3-9-16(18)17-10-4-6-12-19(17)21/h3-6,9-12H,1-2,7-8,13-15H2,(H,27,28). The summed E-state index contributed by atoms with van der Waals surface area (Å²) < 4.78 is 39.5. The molecule has 0 heterocycles. The number of benzene rings is 2. The number of rotatable bonds is 8. The second kappa shape index (κ2) is 8.84. The van der Waals surface area contributed by atoms with Crippen molar-refractivity contribution in [3.8, 4) is 11.1 Å². The highest BCUT2D eigenvalue weighted by atomic mass is 127. The van der Waals surface area contributed by atoms with E-state index in [0.29, 0.717) is 6.42 Å². The molecule has 1 aliphatic carbocycles. The average Bonchev–Trinajstić information content (AvgIpc) is 2.97. The maximum atomic E-state index is 13.2. The average molecular weight is 501 g/mol. The van der Waals surface area contributed by atoms with Crippen molar-refractivity contribution in [1.82, 2.24) is 5.32 Å². The van der Waals surface area contributed by atoms with Crippen LogP contribution >= 0.6 is 22.6 Å². The van der Waals surface area contributed by atoms with Gasteiger partial charge >= 0.3 is 6.18 Å². The largest absolute Gasteiger partial charge is 0.405 e. The van der Waals surface area contributed by atoms with Gasteiger partial charge in [0.25, 0.3) is 0 Å². The number of unbranched alkanes of at least 4 members (excludes halogenated alkanes) is 3. The molecule has 0 bridgehead atoms. The molecule has 0 radical (unpaired) electrons. The Hall–Kier alpha value is -1.57. The van der Waals surface area contributed by atoms with Crippen molar-refractivity contribution < 1.29 is 18.0 Å². The lowest BCUT2D eigenvalue weighted by molar-refractivity contribution is -0.141. The van der Waals surface area contributed by atoms with Gasteiger partial charge in [0.1, 0.15) is 12.0 Å². The smallest absolute Gasteiger partial charge is 0.346 e. The van der Waals surface area contributed by atoms with Gasteiger partial charge in [0, 0.05) is 0 Å². The topological polar surface area (TPSA) is 29.1 Å². The lowest BCUT2D eigenvalue weighted by Crippen LogP contribution is -2.47. The van der Waals surface area contributed by atoms with Gasteiger partial charge in [-0.15, -0.1) is 0 Å². The molecule has 0 fully saturated rings. The molecule has 0 saturated carbocycles. The van der Waals surface area contributed by atoms with E-state index >= 15 is 0 Å². The highest BCUT2D eigenvalue weighted by Gasteiger charge is 2.49. The Labute approximate surface area is 177 Å². The van der Waals surface area contributed by atoms with Crippen LogP contribution in [0.3, 0.4) is 0 Å². The minimum Gasteiger partial charge on any atom is -0.346 e.